The van der Waals surface area contributed by atoms with Gasteiger partial charge in [0.2, 0.25) is 0 Å². The Morgan fingerprint density at radius 1 is 0.463 bits per heavy atom. The van der Waals surface area contributed by atoms with E-state index >= 15 is 35.1 Å². The molecule has 0 aliphatic heterocycles. The molecule has 2 aliphatic rings. The zero-order chi connectivity index (χ0) is 29.1. The monoisotopic (exact) mass is 606 g/mol. The van der Waals surface area contributed by atoms with Gasteiger partial charge in [-0.2, -0.15) is 0 Å². The molecule has 0 spiro atoms. The van der Waals surface area contributed by atoms with Gasteiger partial charge in [0.05, 0.1) is 0 Å². The SMILES string of the molecule is Fc1c(F)c(-n2cccc2)c(F)[c]([Ti]([C]2=CC=CC2)([C]2=CC=CC2)[c]2c(F)c(F)c(F)c(-n3cccc3)c2F)c1F. The zero-order valence-electron chi connectivity index (χ0n) is 20.9. The molecule has 0 bridgehead atoms. The van der Waals surface area contributed by atoms with Crippen molar-refractivity contribution >= 4 is 7.74 Å². The van der Waals surface area contributed by atoms with Crippen LogP contribution in [0.25, 0.3) is 11.4 Å². The van der Waals surface area contributed by atoms with Crippen molar-refractivity contribution in [2.24, 2.45) is 0 Å². The van der Waals surface area contributed by atoms with Crippen molar-refractivity contribution in [2.45, 2.75) is 12.8 Å². The minimum atomic E-state index is -5.80. The van der Waals surface area contributed by atoms with Crippen LogP contribution < -0.4 is 7.74 Å². The van der Waals surface area contributed by atoms with Crippen molar-refractivity contribution in [1.82, 2.24) is 9.13 Å². The van der Waals surface area contributed by atoms with E-state index in [0.717, 1.165) is 9.13 Å². The average molecular weight is 606 g/mol. The number of halogens is 8. The summed E-state index contributed by atoms with van der Waals surface area (Å²) in [4.78, 5) is 0. The maximum atomic E-state index is 16.7. The predicted octanol–water partition coefficient (Wildman–Crippen LogP) is 7.17. The van der Waals surface area contributed by atoms with Crippen molar-refractivity contribution < 1.29 is 51.7 Å². The van der Waals surface area contributed by atoms with Gasteiger partial charge in [-0.1, -0.05) is 0 Å². The molecule has 41 heavy (non-hydrogen) atoms. The Kier molecular flexibility index (Phi) is 6.78. The third-order valence-corrected chi connectivity index (χ3v) is 15.3. The van der Waals surface area contributed by atoms with Gasteiger partial charge in [-0.05, 0) is 0 Å². The molecule has 0 radical (unpaired) electrons. The first-order valence-electron chi connectivity index (χ1n) is 12.4. The number of rotatable bonds is 6. The van der Waals surface area contributed by atoms with E-state index < -0.39 is 82.2 Å². The van der Waals surface area contributed by atoms with E-state index in [9.17, 15) is 0 Å². The van der Waals surface area contributed by atoms with Crippen molar-refractivity contribution in [3.05, 3.63) is 140 Å². The Bertz CT molecular complexity index is 1680. The summed E-state index contributed by atoms with van der Waals surface area (Å²) in [7, 11) is 0. The first kappa shape index (κ1) is 27.3. The Morgan fingerprint density at radius 2 is 0.829 bits per heavy atom. The van der Waals surface area contributed by atoms with Crippen LogP contribution in [-0.4, -0.2) is 9.13 Å². The molecule has 208 valence electrons. The van der Waals surface area contributed by atoms with E-state index in [4.69, 9.17) is 0 Å². The second-order valence-corrected chi connectivity index (χ2v) is 15.4. The van der Waals surface area contributed by atoms with Crippen LogP contribution in [0.5, 0.6) is 0 Å². The molecule has 0 N–H and O–H groups in total. The average Bonchev–Trinajstić information content (AvgIpc) is 3.77. The van der Waals surface area contributed by atoms with E-state index in [1.807, 2.05) is 0 Å². The van der Waals surface area contributed by atoms with Crippen LogP contribution in [0.15, 0.2) is 93.3 Å². The van der Waals surface area contributed by atoms with Crippen LogP contribution in [0, 0.1) is 46.5 Å². The molecule has 0 saturated carbocycles. The molecule has 2 aliphatic carbocycles. The Labute approximate surface area is 232 Å². The molecule has 6 rings (SSSR count). The molecule has 11 heteroatoms. The number of nitrogens with zero attached hydrogens (tertiary/aromatic N) is 2. The van der Waals surface area contributed by atoms with Gasteiger partial charge in [0.15, 0.2) is 0 Å². The normalized spacial score (nSPS) is 14.7. The van der Waals surface area contributed by atoms with Crippen molar-refractivity contribution in [1.29, 1.82) is 0 Å². The molecule has 0 fully saturated rings. The fourth-order valence-electron chi connectivity index (χ4n) is 5.75. The van der Waals surface area contributed by atoms with Gasteiger partial charge >= 0.3 is 233 Å². The second kappa shape index (κ2) is 10.2. The van der Waals surface area contributed by atoms with Gasteiger partial charge in [-0.25, -0.2) is 0 Å². The Hall–Kier alpha value is -3.89. The molecule has 2 nitrogen and oxygen atoms in total. The number of hydrogen-bond acceptors (Lipinski definition) is 0. The van der Waals surface area contributed by atoms with Crippen LogP contribution in [0.1, 0.15) is 12.8 Å². The Balaban J connectivity index is 1.85. The summed E-state index contributed by atoms with van der Waals surface area (Å²) < 4.78 is 127. The summed E-state index contributed by atoms with van der Waals surface area (Å²) in [6, 6.07) is 5.55. The molecule has 0 saturated heterocycles. The second-order valence-electron chi connectivity index (χ2n) is 9.54. The van der Waals surface area contributed by atoms with Gasteiger partial charge in [-0.15, -0.1) is 0 Å². The van der Waals surface area contributed by atoms with Crippen LogP contribution in [0.4, 0.5) is 35.1 Å². The van der Waals surface area contributed by atoms with Gasteiger partial charge in [0.1, 0.15) is 0 Å². The number of benzene rings is 2. The summed E-state index contributed by atoms with van der Waals surface area (Å²) in [6.07, 6.45) is 13.5. The third kappa shape index (κ3) is 3.88. The molecular weight excluding hydrogens is 588 g/mol. The van der Waals surface area contributed by atoms with Gasteiger partial charge in [0, 0.05) is 0 Å². The van der Waals surface area contributed by atoms with E-state index in [1.54, 1.807) is 12.2 Å². The fraction of sp³-hybridized carbons (Fsp3) is 0.0667. The molecule has 0 amide bonds. The Morgan fingerprint density at radius 3 is 1.15 bits per heavy atom. The fourth-order valence-corrected chi connectivity index (χ4v) is 14.0. The third-order valence-electron chi connectivity index (χ3n) is 7.46. The zero-order valence-corrected chi connectivity index (χ0v) is 22.5. The maximum absolute atomic E-state index is 16.7. The number of aromatic nitrogens is 2. The summed E-state index contributed by atoms with van der Waals surface area (Å²) in [5.74, 6) is -15.0. The van der Waals surface area contributed by atoms with Crippen LogP contribution in [0.3, 0.4) is 0 Å². The van der Waals surface area contributed by atoms with E-state index in [-0.39, 0.29) is 20.6 Å². The van der Waals surface area contributed by atoms with Crippen molar-refractivity contribution in [2.75, 3.05) is 0 Å². The number of hydrogen-bond donors (Lipinski definition) is 0. The summed E-state index contributed by atoms with van der Waals surface area (Å²) in [6.45, 7) is 0. The molecular formula is C30H18F8N2Ti. The van der Waals surface area contributed by atoms with E-state index in [0.29, 0.717) is 0 Å². The molecule has 2 heterocycles. The first-order chi connectivity index (χ1) is 19.7. The summed E-state index contributed by atoms with van der Waals surface area (Å²) in [5.41, 5.74) is -2.02. The molecule has 2 aromatic carbocycles. The van der Waals surface area contributed by atoms with Crippen molar-refractivity contribution in [3.63, 3.8) is 0 Å². The summed E-state index contributed by atoms with van der Waals surface area (Å²) >= 11 is -5.80. The van der Waals surface area contributed by atoms with Crippen molar-refractivity contribution in [3.8, 4) is 11.4 Å². The predicted molar refractivity (Wildman–Crippen MR) is 134 cm³/mol. The van der Waals surface area contributed by atoms with Crippen LogP contribution >= 0.6 is 0 Å². The molecule has 0 atom stereocenters. The topological polar surface area (TPSA) is 9.86 Å². The summed E-state index contributed by atoms with van der Waals surface area (Å²) in [5, 5.41) is 0. The van der Waals surface area contributed by atoms with E-state index in [2.05, 4.69) is 0 Å². The van der Waals surface area contributed by atoms with Gasteiger partial charge < -0.3 is 0 Å². The van der Waals surface area contributed by atoms with E-state index in [1.165, 1.54) is 73.4 Å². The molecule has 0 unspecified atom stereocenters. The minimum absolute atomic E-state index is 0.0647. The first-order valence-corrected chi connectivity index (χ1v) is 15.5. The molecule has 2 aromatic heterocycles. The standard InChI is InChI=1S/2C10H4F4N.2C5H5.Ti/c2*11-6-5-7(12)10(9(14)8(6)13)15-3-1-2-4-15;2*1-2-4-5-3-1;/h2*1-4H;2*1-3H,4H2;. The molecule has 4 aromatic rings. The van der Waals surface area contributed by atoms with Gasteiger partial charge in [-0.3, -0.25) is 0 Å². The number of allylic oxidation sites excluding steroid dienone is 8. The quantitative estimate of drug-likeness (QED) is 0.0954. The van der Waals surface area contributed by atoms with Gasteiger partial charge in [0.25, 0.3) is 0 Å². The van der Waals surface area contributed by atoms with Crippen LogP contribution in [-0.2, 0) is 16.6 Å². The van der Waals surface area contributed by atoms with Crippen LogP contribution in [0.2, 0.25) is 0 Å².